The van der Waals surface area contributed by atoms with Gasteiger partial charge in [0.1, 0.15) is 11.6 Å². The minimum absolute atomic E-state index is 0.113. The SMILES string of the molecule is N#C[C@@H]1CN[C@@H](c2cc(F)ccc2F)C1. The average Bonchev–Trinajstić information content (AvgIpc) is 2.70. The first-order valence-corrected chi connectivity index (χ1v) is 4.78. The van der Waals surface area contributed by atoms with Gasteiger partial charge in [-0.1, -0.05) is 0 Å². The van der Waals surface area contributed by atoms with Crippen LogP contribution in [0.5, 0.6) is 0 Å². The lowest BCUT2D eigenvalue weighted by molar-refractivity contribution is 0.541. The number of nitrogens with one attached hydrogen (secondary N) is 1. The van der Waals surface area contributed by atoms with Gasteiger partial charge in [0.25, 0.3) is 0 Å². The van der Waals surface area contributed by atoms with E-state index in [0.717, 1.165) is 12.1 Å². The summed E-state index contributed by atoms with van der Waals surface area (Å²) < 4.78 is 26.3. The smallest absolute Gasteiger partial charge is 0.128 e. The van der Waals surface area contributed by atoms with E-state index in [-0.39, 0.29) is 12.0 Å². The van der Waals surface area contributed by atoms with E-state index >= 15 is 0 Å². The largest absolute Gasteiger partial charge is 0.308 e. The number of nitrogens with zero attached hydrogens (tertiary/aromatic N) is 1. The molecular weight excluding hydrogens is 198 g/mol. The van der Waals surface area contributed by atoms with Crippen molar-refractivity contribution in [1.82, 2.24) is 5.32 Å². The molecule has 1 N–H and O–H groups in total. The highest BCUT2D eigenvalue weighted by Gasteiger charge is 2.27. The lowest BCUT2D eigenvalue weighted by Crippen LogP contribution is -2.15. The molecular formula is C11H10F2N2. The Morgan fingerprint density at radius 2 is 2.20 bits per heavy atom. The van der Waals surface area contributed by atoms with Crippen LogP contribution < -0.4 is 5.32 Å². The molecule has 0 radical (unpaired) electrons. The first-order chi connectivity index (χ1) is 7.20. The van der Waals surface area contributed by atoms with Crippen molar-refractivity contribution >= 4 is 0 Å². The fraction of sp³-hybridized carbons (Fsp3) is 0.364. The molecule has 2 nitrogen and oxygen atoms in total. The van der Waals surface area contributed by atoms with Gasteiger partial charge in [-0.25, -0.2) is 8.78 Å². The lowest BCUT2D eigenvalue weighted by Gasteiger charge is -2.11. The minimum Gasteiger partial charge on any atom is -0.308 e. The lowest BCUT2D eigenvalue weighted by atomic mass is 10.0. The van der Waals surface area contributed by atoms with Crippen molar-refractivity contribution in [2.45, 2.75) is 12.5 Å². The molecule has 15 heavy (non-hydrogen) atoms. The summed E-state index contributed by atoms with van der Waals surface area (Å²) in [4.78, 5) is 0. The molecule has 2 atom stereocenters. The van der Waals surface area contributed by atoms with E-state index in [2.05, 4.69) is 11.4 Å². The van der Waals surface area contributed by atoms with E-state index in [9.17, 15) is 8.78 Å². The molecule has 0 unspecified atom stereocenters. The zero-order valence-corrected chi connectivity index (χ0v) is 8.00. The van der Waals surface area contributed by atoms with Gasteiger partial charge >= 0.3 is 0 Å². The summed E-state index contributed by atoms with van der Waals surface area (Å²) in [5.74, 6) is -0.987. The van der Waals surface area contributed by atoms with Crippen LogP contribution in [0.4, 0.5) is 8.78 Å². The Bertz CT molecular complexity index is 412. The molecule has 1 aliphatic heterocycles. The van der Waals surface area contributed by atoms with E-state index < -0.39 is 11.6 Å². The molecule has 0 spiro atoms. The van der Waals surface area contributed by atoms with Crippen molar-refractivity contribution in [2.75, 3.05) is 6.54 Å². The molecule has 0 bridgehead atoms. The molecule has 0 aliphatic carbocycles. The van der Waals surface area contributed by atoms with E-state index in [4.69, 9.17) is 5.26 Å². The Morgan fingerprint density at radius 3 is 2.87 bits per heavy atom. The first-order valence-electron chi connectivity index (χ1n) is 4.78. The van der Waals surface area contributed by atoms with Crippen LogP contribution >= 0.6 is 0 Å². The Hall–Kier alpha value is -1.47. The van der Waals surface area contributed by atoms with Crippen molar-refractivity contribution in [3.63, 3.8) is 0 Å². The van der Waals surface area contributed by atoms with E-state index in [1.54, 1.807) is 0 Å². The minimum atomic E-state index is -0.450. The fourth-order valence-corrected chi connectivity index (χ4v) is 1.85. The number of nitriles is 1. The van der Waals surface area contributed by atoms with Crippen molar-refractivity contribution in [2.24, 2.45) is 5.92 Å². The van der Waals surface area contributed by atoms with Gasteiger partial charge in [-0.2, -0.15) is 5.26 Å². The second kappa shape index (κ2) is 3.95. The molecule has 1 heterocycles. The third-order valence-electron chi connectivity index (χ3n) is 2.65. The van der Waals surface area contributed by atoms with Gasteiger partial charge in [-0.3, -0.25) is 0 Å². The fourth-order valence-electron chi connectivity index (χ4n) is 1.85. The molecule has 1 saturated heterocycles. The molecule has 1 aliphatic rings. The standard InChI is InChI=1S/C11H10F2N2/c12-8-1-2-10(13)9(4-8)11-3-7(5-14)6-15-11/h1-2,4,7,11,15H,3,6H2/t7-,11-/m1/s1. The van der Waals surface area contributed by atoms with E-state index in [1.807, 2.05) is 0 Å². The van der Waals surface area contributed by atoms with Crippen LogP contribution in [0.15, 0.2) is 18.2 Å². The molecule has 0 saturated carbocycles. The second-order valence-corrected chi connectivity index (χ2v) is 3.69. The van der Waals surface area contributed by atoms with Crippen molar-refractivity contribution in [3.8, 4) is 6.07 Å². The van der Waals surface area contributed by atoms with Crippen LogP contribution in [0.2, 0.25) is 0 Å². The van der Waals surface area contributed by atoms with Crippen molar-refractivity contribution in [3.05, 3.63) is 35.4 Å². The van der Waals surface area contributed by atoms with E-state index in [0.29, 0.717) is 18.5 Å². The van der Waals surface area contributed by atoms with Crippen molar-refractivity contribution in [1.29, 1.82) is 5.26 Å². The molecule has 4 heteroatoms. The van der Waals surface area contributed by atoms with Crippen LogP contribution in [0.3, 0.4) is 0 Å². The average molecular weight is 208 g/mol. The molecule has 78 valence electrons. The van der Waals surface area contributed by atoms with Crippen molar-refractivity contribution < 1.29 is 8.78 Å². The zero-order valence-electron chi connectivity index (χ0n) is 8.00. The highest BCUT2D eigenvalue weighted by molar-refractivity contribution is 5.24. The summed E-state index contributed by atoms with van der Waals surface area (Å²) in [6.45, 7) is 0.539. The van der Waals surface area contributed by atoms with Gasteiger partial charge in [0, 0.05) is 18.2 Å². The van der Waals surface area contributed by atoms with Gasteiger partial charge in [-0.05, 0) is 24.6 Å². The predicted molar refractivity (Wildman–Crippen MR) is 50.8 cm³/mol. The molecule has 1 fully saturated rings. The number of hydrogen-bond donors (Lipinski definition) is 1. The van der Waals surface area contributed by atoms with Gasteiger partial charge < -0.3 is 5.32 Å². The van der Waals surface area contributed by atoms with Gasteiger partial charge in [-0.15, -0.1) is 0 Å². The second-order valence-electron chi connectivity index (χ2n) is 3.69. The van der Waals surface area contributed by atoms with Crippen LogP contribution in [-0.4, -0.2) is 6.54 Å². The normalized spacial score (nSPS) is 25.1. The Balaban J connectivity index is 2.24. The number of hydrogen-bond acceptors (Lipinski definition) is 2. The Morgan fingerprint density at radius 1 is 1.40 bits per heavy atom. The van der Waals surface area contributed by atoms with Crippen LogP contribution in [-0.2, 0) is 0 Å². The summed E-state index contributed by atoms with van der Waals surface area (Å²) in [7, 11) is 0. The topological polar surface area (TPSA) is 35.8 Å². The molecule has 0 aromatic heterocycles. The third kappa shape index (κ3) is 1.97. The maximum absolute atomic E-state index is 13.4. The number of benzene rings is 1. The van der Waals surface area contributed by atoms with Gasteiger partial charge in [0.2, 0.25) is 0 Å². The van der Waals surface area contributed by atoms with Crippen LogP contribution in [0.1, 0.15) is 18.0 Å². The summed E-state index contributed by atoms with van der Waals surface area (Å²) in [5.41, 5.74) is 0.313. The number of halogens is 2. The van der Waals surface area contributed by atoms with Crippen LogP contribution in [0, 0.1) is 28.9 Å². The Kier molecular flexibility index (Phi) is 2.65. The zero-order chi connectivity index (χ0) is 10.8. The monoisotopic (exact) mass is 208 g/mol. The molecule has 1 aromatic carbocycles. The van der Waals surface area contributed by atoms with Gasteiger partial charge in [0.05, 0.1) is 12.0 Å². The summed E-state index contributed by atoms with van der Waals surface area (Å²) >= 11 is 0. The van der Waals surface area contributed by atoms with E-state index in [1.165, 1.54) is 6.07 Å². The Labute approximate surface area is 86.5 Å². The first kappa shape index (κ1) is 10.1. The van der Waals surface area contributed by atoms with Crippen LogP contribution in [0.25, 0.3) is 0 Å². The quantitative estimate of drug-likeness (QED) is 0.767. The summed E-state index contributed by atoms with van der Waals surface area (Å²) in [5, 5.41) is 11.7. The maximum Gasteiger partial charge on any atom is 0.128 e. The number of rotatable bonds is 1. The highest BCUT2D eigenvalue weighted by atomic mass is 19.1. The molecule has 2 rings (SSSR count). The maximum atomic E-state index is 13.4. The third-order valence-corrected chi connectivity index (χ3v) is 2.65. The summed E-state index contributed by atoms with van der Waals surface area (Å²) in [6.07, 6.45) is 0.539. The predicted octanol–water partition coefficient (Wildman–Crippen LogP) is 2.14. The van der Waals surface area contributed by atoms with Gasteiger partial charge in [0.15, 0.2) is 0 Å². The summed E-state index contributed by atoms with van der Waals surface area (Å²) in [6, 6.07) is 5.27. The molecule has 1 aromatic rings. The molecule has 0 amide bonds. The highest BCUT2D eigenvalue weighted by Crippen LogP contribution is 2.28.